The molecule has 26 heavy (non-hydrogen) atoms. The van der Waals surface area contributed by atoms with Gasteiger partial charge in [0.2, 0.25) is 0 Å². The third kappa shape index (κ3) is 3.40. The maximum absolute atomic E-state index is 5.39. The fourth-order valence-electron chi connectivity index (χ4n) is 3.27. The van der Waals surface area contributed by atoms with Crippen LogP contribution in [0.25, 0.3) is 16.7 Å². The van der Waals surface area contributed by atoms with E-state index in [4.69, 9.17) is 4.74 Å². The van der Waals surface area contributed by atoms with E-state index in [1.54, 1.807) is 6.33 Å². The van der Waals surface area contributed by atoms with Crippen molar-refractivity contribution in [3.8, 4) is 5.69 Å². The van der Waals surface area contributed by atoms with E-state index in [9.17, 15) is 0 Å². The Morgan fingerprint density at radius 1 is 1.15 bits per heavy atom. The molecule has 0 radical (unpaired) electrons. The van der Waals surface area contributed by atoms with Crippen LogP contribution in [0, 0.1) is 13.8 Å². The van der Waals surface area contributed by atoms with Crippen LogP contribution in [-0.2, 0) is 4.74 Å². The third-order valence-corrected chi connectivity index (χ3v) is 4.78. The lowest BCUT2D eigenvalue weighted by Crippen LogP contribution is -2.39. The first-order valence-electron chi connectivity index (χ1n) is 9.03. The predicted molar refractivity (Wildman–Crippen MR) is 102 cm³/mol. The highest BCUT2D eigenvalue weighted by Crippen LogP contribution is 2.23. The first-order valence-corrected chi connectivity index (χ1v) is 9.03. The number of fused-ring (bicyclic) bond motifs is 1. The molecule has 1 fully saturated rings. The molecule has 4 rings (SSSR count). The van der Waals surface area contributed by atoms with Crippen LogP contribution in [0.4, 0.5) is 5.82 Å². The fraction of sp³-hybridized carbons (Fsp3) is 0.421. The smallest absolute Gasteiger partial charge is 0.168 e. The van der Waals surface area contributed by atoms with Gasteiger partial charge in [0.15, 0.2) is 5.65 Å². The predicted octanol–water partition coefficient (Wildman–Crippen LogP) is 2.18. The average molecular weight is 352 g/mol. The highest BCUT2D eigenvalue weighted by Gasteiger charge is 2.14. The zero-order valence-electron chi connectivity index (χ0n) is 15.3. The zero-order valence-corrected chi connectivity index (χ0v) is 15.3. The molecule has 0 amide bonds. The van der Waals surface area contributed by atoms with E-state index in [0.29, 0.717) is 0 Å². The molecular formula is C19H24N6O. The molecule has 136 valence electrons. The van der Waals surface area contributed by atoms with Gasteiger partial charge in [-0.25, -0.2) is 14.6 Å². The summed E-state index contributed by atoms with van der Waals surface area (Å²) in [5.74, 6) is 0.833. The number of nitrogens with one attached hydrogen (secondary N) is 1. The van der Waals surface area contributed by atoms with Gasteiger partial charge in [-0.1, -0.05) is 12.1 Å². The first kappa shape index (κ1) is 16.9. The largest absolute Gasteiger partial charge is 0.379 e. The van der Waals surface area contributed by atoms with Gasteiger partial charge in [-0.3, -0.25) is 4.90 Å². The topological polar surface area (TPSA) is 68.1 Å². The summed E-state index contributed by atoms with van der Waals surface area (Å²) in [5.41, 5.74) is 4.24. The number of hydrogen-bond donors (Lipinski definition) is 1. The summed E-state index contributed by atoms with van der Waals surface area (Å²) in [4.78, 5) is 11.3. The summed E-state index contributed by atoms with van der Waals surface area (Å²) in [6.45, 7) is 9.60. The number of nitrogens with zero attached hydrogens (tertiary/aromatic N) is 5. The van der Waals surface area contributed by atoms with E-state index >= 15 is 0 Å². The molecule has 1 saturated heterocycles. The van der Waals surface area contributed by atoms with Crippen molar-refractivity contribution in [3.05, 3.63) is 41.9 Å². The minimum atomic E-state index is 0.820. The van der Waals surface area contributed by atoms with Crippen LogP contribution in [-0.4, -0.2) is 64.0 Å². The van der Waals surface area contributed by atoms with Gasteiger partial charge in [-0.2, -0.15) is 5.10 Å². The minimum Gasteiger partial charge on any atom is -0.379 e. The molecule has 7 heteroatoms. The SMILES string of the molecule is Cc1ccc(C)c(-n2ncc3c(NCCN4CCOCC4)ncnc32)c1. The van der Waals surface area contributed by atoms with Crippen molar-refractivity contribution in [2.24, 2.45) is 0 Å². The van der Waals surface area contributed by atoms with E-state index < -0.39 is 0 Å². The Balaban J connectivity index is 1.56. The van der Waals surface area contributed by atoms with Crippen molar-refractivity contribution in [2.75, 3.05) is 44.7 Å². The lowest BCUT2D eigenvalue weighted by Gasteiger charge is -2.26. The average Bonchev–Trinajstić information content (AvgIpc) is 3.09. The Hall–Kier alpha value is -2.51. The van der Waals surface area contributed by atoms with E-state index in [2.05, 4.69) is 57.3 Å². The summed E-state index contributed by atoms with van der Waals surface area (Å²) < 4.78 is 7.29. The molecule has 0 unspecified atom stereocenters. The molecule has 3 heterocycles. The van der Waals surface area contributed by atoms with Crippen LogP contribution in [0.1, 0.15) is 11.1 Å². The summed E-state index contributed by atoms with van der Waals surface area (Å²) >= 11 is 0. The fourth-order valence-corrected chi connectivity index (χ4v) is 3.27. The third-order valence-electron chi connectivity index (χ3n) is 4.78. The number of benzene rings is 1. The standard InChI is InChI=1S/C19H24N6O/c1-14-3-4-15(2)17(11-14)25-19-16(12-23-25)18(21-13-22-19)20-5-6-24-7-9-26-10-8-24/h3-4,11-13H,5-10H2,1-2H3,(H,20,21,22). The number of ether oxygens (including phenoxy) is 1. The molecule has 7 nitrogen and oxygen atoms in total. The Labute approximate surface area is 153 Å². The van der Waals surface area contributed by atoms with Gasteiger partial charge in [0, 0.05) is 26.2 Å². The molecule has 2 aromatic heterocycles. The van der Waals surface area contributed by atoms with Gasteiger partial charge < -0.3 is 10.1 Å². The Bertz CT molecular complexity index is 900. The second-order valence-corrected chi connectivity index (χ2v) is 6.69. The lowest BCUT2D eigenvalue weighted by molar-refractivity contribution is 0.0398. The molecule has 0 saturated carbocycles. The monoisotopic (exact) mass is 352 g/mol. The van der Waals surface area contributed by atoms with Gasteiger partial charge in [-0.15, -0.1) is 0 Å². The number of hydrogen-bond acceptors (Lipinski definition) is 6. The van der Waals surface area contributed by atoms with Crippen LogP contribution in [0.3, 0.4) is 0 Å². The normalized spacial score (nSPS) is 15.5. The number of morpholine rings is 1. The molecule has 0 aliphatic carbocycles. The number of aryl methyl sites for hydroxylation is 2. The van der Waals surface area contributed by atoms with Crippen LogP contribution >= 0.6 is 0 Å². The maximum Gasteiger partial charge on any atom is 0.168 e. The Kier molecular flexibility index (Phi) is 4.81. The zero-order chi connectivity index (χ0) is 17.9. The van der Waals surface area contributed by atoms with Crippen molar-refractivity contribution < 1.29 is 4.74 Å². The lowest BCUT2D eigenvalue weighted by atomic mass is 10.1. The molecule has 1 aromatic carbocycles. The summed E-state index contributed by atoms with van der Waals surface area (Å²) in [7, 11) is 0. The van der Waals surface area contributed by atoms with Crippen molar-refractivity contribution in [1.82, 2.24) is 24.6 Å². The van der Waals surface area contributed by atoms with Crippen molar-refractivity contribution in [2.45, 2.75) is 13.8 Å². The molecule has 1 N–H and O–H groups in total. The van der Waals surface area contributed by atoms with E-state index in [1.807, 2.05) is 10.9 Å². The Morgan fingerprint density at radius 2 is 2.00 bits per heavy atom. The second kappa shape index (κ2) is 7.39. The second-order valence-electron chi connectivity index (χ2n) is 6.69. The molecule has 0 atom stereocenters. The van der Waals surface area contributed by atoms with Crippen LogP contribution in [0.2, 0.25) is 0 Å². The maximum atomic E-state index is 5.39. The van der Waals surface area contributed by atoms with E-state index in [0.717, 1.165) is 61.9 Å². The number of anilines is 1. The van der Waals surface area contributed by atoms with E-state index in [-0.39, 0.29) is 0 Å². The van der Waals surface area contributed by atoms with Gasteiger partial charge in [0.1, 0.15) is 12.1 Å². The summed E-state index contributed by atoms with van der Waals surface area (Å²) in [6.07, 6.45) is 3.44. The van der Waals surface area contributed by atoms with Gasteiger partial charge >= 0.3 is 0 Å². The van der Waals surface area contributed by atoms with Crippen LogP contribution < -0.4 is 5.32 Å². The minimum absolute atomic E-state index is 0.820. The van der Waals surface area contributed by atoms with Crippen molar-refractivity contribution in [1.29, 1.82) is 0 Å². The summed E-state index contributed by atoms with van der Waals surface area (Å²) in [6, 6.07) is 6.36. The molecule has 3 aromatic rings. The van der Waals surface area contributed by atoms with Gasteiger partial charge in [-0.05, 0) is 31.0 Å². The number of aromatic nitrogens is 4. The Morgan fingerprint density at radius 3 is 2.85 bits per heavy atom. The highest BCUT2D eigenvalue weighted by atomic mass is 16.5. The van der Waals surface area contributed by atoms with Crippen LogP contribution in [0.5, 0.6) is 0 Å². The highest BCUT2D eigenvalue weighted by molar-refractivity contribution is 5.87. The van der Waals surface area contributed by atoms with Crippen LogP contribution in [0.15, 0.2) is 30.7 Å². The molecule has 1 aliphatic rings. The molecule has 0 spiro atoms. The van der Waals surface area contributed by atoms with Crippen molar-refractivity contribution >= 4 is 16.9 Å². The number of rotatable bonds is 5. The molecule has 0 bridgehead atoms. The summed E-state index contributed by atoms with van der Waals surface area (Å²) in [5, 5.41) is 8.95. The molecular weight excluding hydrogens is 328 g/mol. The van der Waals surface area contributed by atoms with E-state index in [1.165, 1.54) is 11.1 Å². The van der Waals surface area contributed by atoms with Crippen molar-refractivity contribution in [3.63, 3.8) is 0 Å². The first-order chi connectivity index (χ1) is 12.7. The van der Waals surface area contributed by atoms with Gasteiger partial charge in [0.25, 0.3) is 0 Å². The quantitative estimate of drug-likeness (QED) is 0.759. The van der Waals surface area contributed by atoms with Gasteiger partial charge in [0.05, 0.1) is 30.5 Å². The molecule has 1 aliphatic heterocycles.